The number of benzene rings is 1. The van der Waals surface area contributed by atoms with Crippen LogP contribution in [0.3, 0.4) is 0 Å². The fourth-order valence-electron chi connectivity index (χ4n) is 2.08. The van der Waals surface area contributed by atoms with E-state index in [1.165, 1.54) is 12.3 Å². The third kappa shape index (κ3) is 5.28. The second-order valence-corrected chi connectivity index (χ2v) is 5.23. The molecule has 1 aromatic carbocycles. The molecule has 2 aliphatic rings. The number of para-hydroxylation sites is 1. The van der Waals surface area contributed by atoms with Gasteiger partial charge in [-0.1, -0.05) is 12.1 Å². The maximum absolute atomic E-state index is 11.1. The SMILES string of the molecule is CC1COCCN1.O=C1OCCN1N=Cc1ccccc1[N+](=O)[O-]. The number of carbonyl (C=O) groups is 1. The van der Waals surface area contributed by atoms with Crippen molar-refractivity contribution in [2.24, 2.45) is 5.10 Å². The van der Waals surface area contributed by atoms with E-state index >= 15 is 0 Å². The van der Waals surface area contributed by atoms with Crippen molar-refractivity contribution in [1.29, 1.82) is 0 Å². The first-order valence-corrected chi connectivity index (χ1v) is 7.60. The molecule has 0 spiro atoms. The number of carbonyl (C=O) groups excluding carboxylic acids is 1. The molecule has 1 atom stereocenters. The predicted molar refractivity (Wildman–Crippen MR) is 87.0 cm³/mol. The number of hydrogen-bond acceptors (Lipinski definition) is 7. The van der Waals surface area contributed by atoms with Crippen LogP contribution in [0.15, 0.2) is 29.4 Å². The first-order valence-electron chi connectivity index (χ1n) is 7.60. The molecular formula is C15H20N4O5. The fraction of sp³-hybridized carbons (Fsp3) is 0.467. The minimum absolute atomic E-state index is 0.0520. The summed E-state index contributed by atoms with van der Waals surface area (Å²) < 4.78 is 9.79. The topological polar surface area (TPSA) is 106 Å². The molecule has 2 heterocycles. The van der Waals surface area contributed by atoms with Gasteiger partial charge in [-0.05, 0) is 13.0 Å². The van der Waals surface area contributed by atoms with Crippen LogP contribution in [-0.4, -0.2) is 61.2 Å². The Hall–Kier alpha value is -2.52. The summed E-state index contributed by atoms with van der Waals surface area (Å²) in [6.07, 6.45) is 0.741. The van der Waals surface area contributed by atoms with Crippen LogP contribution in [0.1, 0.15) is 12.5 Å². The standard InChI is InChI=1S/C10H9N3O4.C5H11NO/c14-10-12(5-6-17-10)11-7-8-3-1-2-4-9(8)13(15)16;1-5-4-7-3-2-6-5/h1-4,7H,5-6H2;5-6H,2-4H2,1H3. The van der Waals surface area contributed by atoms with Gasteiger partial charge in [-0.2, -0.15) is 10.1 Å². The zero-order valence-corrected chi connectivity index (χ0v) is 13.4. The van der Waals surface area contributed by atoms with Crippen LogP contribution in [0.5, 0.6) is 0 Å². The molecule has 1 amide bonds. The lowest BCUT2D eigenvalue weighted by Gasteiger charge is -2.19. The Bertz CT molecular complexity index is 601. The average molecular weight is 336 g/mol. The number of nitro groups is 1. The summed E-state index contributed by atoms with van der Waals surface area (Å²) in [5.41, 5.74) is 0.293. The van der Waals surface area contributed by atoms with Gasteiger partial charge in [0.1, 0.15) is 6.61 Å². The molecule has 2 saturated heterocycles. The zero-order valence-electron chi connectivity index (χ0n) is 13.4. The van der Waals surface area contributed by atoms with Gasteiger partial charge < -0.3 is 14.8 Å². The smallest absolute Gasteiger partial charge is 0.430 e. The van der Waals surface area contributed by atoms with Gasteiger partial charge in [-0.15, -0.1) is 0 Å². The highest BCUT2D eigenvalue weighted by Crippen LogP contribution is 2.15. The van der Waals surface area contributed by atoms with E-state index in [1.807, 2.05) is 0 Å². The maximum atomic E-state index is 11.1. The molecule has 1 aromatic rings. The number of nitrogens with zero attached hydrogens (tertiary/aromatic N) is 3. The number of nitro benzene ring substituents is 1. The number of rotatable bonds is 3. The molecule has 9 heteroatoms. The van der Waals surface area contributed by atoms with Crippen molar-refractivity contribution >= 4 is 18.0 Å². The van der Waals surface area contributed by atoms with E-state index < -0.39 is 11.0 Å². The summed E-state index contributed by atoms with van der Waals surface area (Å²) >= 11 is 0. The van der Waals surface area contributed by atoms with Crippen LogP contribution in [0, 0.1) is 10.1 Å². The van der Waals surface area contributed by atoms with E-state index in [2.05, 4.69) is 22.1 Å². The fourth-order valence-corrected chi connectivity index (χ4v) is 2.08. The Morgan fingerprint density at radius 3 is 2.75 bits per heavy atom. The van der Waals surface area contributed by atoms with Crippen molar-refractivity contribution in [3.05, 3.63) is 39.9 Å². The molecule has 1 N–H and O–H groups in total. The van der Waals surface area contributed by atoms with Crippen molar-refractivity contribution < 1.29 is 19.2 Å². The molecule has 0 radical (unpaired) electrons. The van der Waals surface area contributed by atoms with E-state index in [1.54, 1.807) is 18.2 Å². The molecule has 0 aliphatic carbocycles. The number of hydrogen-bond donors (Lipinski definition) is 1. The first-order chi connectivity index (χ1) is 11.6. The molecule has 0 aromatic heterocycles. The Labute approximate surface area is 139 Å². The third-order valence-corrected chi connectivity index (χ3v) is 3.32. The summed E-state index contributed by atoms with van der Waals surface area (Å²) in [6, 6.07) is 6.73. The Morgan fingerprint density at radius 2 is 2.21 bits per heavy atom. The van der Waals surface area contributed by atoms with Crippen molar-refractivity contribution in [2.45, 2.75) is 13.0 Å². The van der Waals surface area contributed by atoms with Crippen LogP contribution in [-0.2, 0) is 9.47 Å². The molecular weight excluding hydrogens is 316 g/mol. The molecule has 0 bridgehead atoms. The highest BCUT2D eigenvalue weighted by Gasteiger charge is 2.21. The third-order valence-electron chi connectivity index (χ3n) is 3.32. The minimum Gasteiger partial charge on any atom is -0.446 e. The van der Waals surface area contributed by atoms with E-state index in [9.17, 15) is 14.9 Å². The lowest BCUT2D eigenvalue weighted by Crippen LogP contribution is -2.38. The summed E-state index contributed by atoms with van der Waals surface area (Å²) in [5, 5.41) is 18.9. The normalized spacial score (nSPS) is 20.5. The number of amides is 1. The molecule has 2 aliphatic heterocycles. The van der Waals surface area contributed by atoms with E-state index in [4.69, 9.17) is 4.74 Å². The van der Waals surface area contributed by atoms with Crippen molar-refractivity contribution in [3.63, 3.8) is 0 Å². The van der Waals surface area contributed by atoms with Crippen LogP contribution in [0.4, 0.5) is 10.5 Å². The molecule has 9 nitrogen and oxygen atoms in total. The second-order valence-electron chi connectivity index (χ2n) is 5.23. The summed E-state index contributed by atoms with van der Waals surface area (Å²) in [4.78, 5) is 21.3. The number of cyclic esters (lactones) is 1. The summed E-state index contributed by atoms with van der Waals surface area (Å²) in [5.74, 6) is 0. The van der Waals surface area contributed by atoms with Crippen LogP contribution in [0.2, 0.25) is 0 Å². The highest BCUT2D eigenvalue weighted by molar-refractivity contribution is 5.86. The minimum atomic E-state index is -0.542. The van der Waals surface area contributed by atoms with Crippen LogP contribution in [0.25, 0.3) is 0 Å². The van der Waals surface area contributed by atoms with Gasteiger partial charge in [0.2, 0.25) is 0 Å². The van der Waals surface area contributed by atoms with Gasteiger partial charge in [-0.3, -0.25) is 10.1 Å². The largest absolute Gasteiger partial charge is 0.446 e. The number of morpholine rings is 1. The van der Waals surface area contributed by atoms with E-state index in [-0.39, 0.29) is 12.3 Å². The monoisotopic (exact) mass is 336 g/mol. The average Bonchev–Trinajstić information content (AvgIpc) is 2.99. The molecule has 130 valence electrons. The van der Waals surface area contributed by atoms with Crippen molar-refractivity contribution in [3.8, 4) is 0 Å². The molecule has 1 unspecified atom stereocenters. The first kappa shape index (κ1) is 17.8. The van der Waals surface area contributed by atoms with Crippen LogP contribution < -0.4 is 5.32 Å². The molecule has 2 fully saturated rings. The Kier molecular flexibility index (Phi) is 6.64. The second kappa shape index (κ2) is 8.94. The van der Waals surface area contributed by atoms with Crippen molar-refractivity contribution in [2.75, 3.05) is 32.9 Å². The lowest BCUT2D eigenvalue weighted by atomic mass is 10.2. The number of ether oxygens (including phenoxy) is 2. The van der Waals surface area contributed by atoms with Gasteiger partial charge in [0.05, 0.1) is 36.5 Å². The van der Waals surface area contributed by atoms with Gasteiger partial charge in [0.15, 0.2) is 0 Å². The Morgan fingerprint density at radius 1 is 1.42 bits per heavy atom. The maximum Gasteiger partial charge on any atom is 0.430 e. The predicted octanol–water partition coefficient (Wildman–Crippen LogP) is 1.38. The zero-order chi connectivity index (χ0) is 17.4. The van der Waals surface area contributed by atoms with Gasteiger partial charge >= 0.3 is 6.09 Å². The lowest BCUT2D eigenvalue weighted by molar-refractivity contribution is -0.385. The van der Waals surface area contributed by atoms with Crippen molar-refractivity contribution in [1.82, 2.24) is 10.3 Å². The highest BCUT2D eigenvalue weighted by atomic mass is 16.6. The quantitative estimate of drug-likeness (QED) is 0.508. The summed E-state index contributed by atoms with van der Waals surface area (Å²) in [6.45, 7) is 5.54. The Balaban J connectivity index is 0.000000249. The van der Waals surface area contributed by atoms with Crippen LogP contribution >= 0.6 is 0 Å². The summed E-state index contributed by atoms with van der Waals surface area (Å²) in [7, 11) is 0. The molecule has 24 heavy (non-hydrogen) atoms. The van der Waals surface area contributed by atoms with Gasteiger partial charge in [0.25, 0.3) is 5.69 Å². The van der Waals surface area contributed by atoms with Gasteiger partial charge in [-0.25, -0.2) is 4.79 Å². The van der Waals surface area contributed by atoms with E-state index in [0.717, 1.165) is 24.8 Å². The van der Waals surface area contributed by atoms with E-state index in [0.29, 0.717) is 18.2 Å². The number of hydrazone groups is 1. The number of nitrogens with one attached hydrogen (secondary N) is 1. The molecule has 3 rings (SSSR count). The molecule has 0 saturated carbocycles. The van der Waals surface area contributed by atoms with Gasteiger partial charge in [0, 0.05) is 18.7 Å².